The third-order valence-corrected chi connectivity index (χ3v) is 3.33. The van der Waals surface area contributed by atoms with Gasteiger partial charge in [-0.1, -0.05) is 37.3 Å². The predicted molar refractivity (Wildman–Crippen MR) is 57.3 cm³/mol. The van der Waals surface area contributed by atoms with Gasteiger partial charge in [0, 0.05) is 16.8 Å². The molecule has 1 rings (SSSR count). The summed E-state index contributed by atoms with van der Waals surface area (Å²) in [4.78, 5) is 0. The van der Waals surface area contributed by atoms with E-state index in [1.165, 1.54) is 22.2 Å². The molecule has 0 amide bonds. The van der Waals surface area contributed by atoms with Gasteiger partial charge < -0.3 is 5.32 Å². The summed E-state index contributed by atoms with van der Waals surface area (Å²) in [5, 5.41) is 3.51. The molecule has 1 unspecified atom stereocenters. The van der Waals surface area contributed by atoms with E-state index >= 15 is 0 Å². The molecule has 1 aromatic rings. The molecule has 0 heterocycles. The second-order valence-electron chi connectivity index (χ2n) is 3.18. The van der Waals surface area contributed by atoms with E-state index < -0.39 is 0 Å². The molecule has 0 aliphatic heterocycles. The van der Waals surface area contributed by atoms with Gasteiger partial charge in [-0.3, -0.25) is 0 Å². The lowest BCUT2D eigenvalue weighted by atomic mass is 10.2. The molecule has 0 spiro atoms. The van der Waals surface area contributed by atoms with Crippen LogP contribution in [0, 0.1) is 0 Å². The van der Waals surface area contributed by atoms with Crippen LogP contribution in [0.15, 0.2) is 30.3 Å². The first-order chi connectivity index (χ1) is 5.83. The van der Waals surface area contributed by atoms with E-state index in [1.807, 2.05) is 0 Å². The Bertz CT molecular complexity index is 210. The lowest BCUT2D eigenvalue weighted by Crippen LogP contribution is -2.27. The minimum atomic E-state index is 0.755. The third kappa shape index (κ3) is 3.20. The Morgan fingerprint density at radius 2 is 2.00 bits per heavy atom. The van der Waals surface area contributed by atoms with Crippen molar-refractivity contribution in [1.29, 1.82) is 0 Å². The number of rotatable bonds is 4. The largest absolute Gasteiger partial charge is 0.313 e. The Balaban J connectivity index is 2.33. The summed E-state index contributed by atoms with van der Waals surface area (Å²) in [7, 11) is 1.24. The van der Waals surface area contributed by atoms with Crippen LogP contribution in [-0.4, -0.2) is 15.9 Å². The van der Waals surface area contributed by atoms with Crippen molar-refractivity contribution in [2.24, 2.45) is 0 Å². The first kappa shape index (κ1) is 9.48. The van der Waals surface area contributed by atoms with Crippen LogP contribution in [-0.2, 0) is 6.54 Å². The topological polar surface area (TPSA) is 12.0 Å². The molecule has 0 saturated carbocycles. The smallest absolute Gasteiger partial charge is 0.0241 e. The van der Waals surface area contributed by atoms with Gasteiger partial charge in [-0.15, -0.1) is 0 Å². The van der Waals surface area contributed by atoms with E-state index in [9.17, 15) is 0 Å². The van der Waals surface area contributed by atoms with Crippen molar-refractivity contribution in [2.75, 3.05) is 0 Å². The average Bonchev–Trinajstić information content (AvgIpc) is 2.16. The monoisotopic (exact) mass is 179 g/mol. The molecule has 0 fully saturated rings. The van der Waals surface area contributed by atoms with Crippen LogP contribution in [0.2, 0.25) is 0 Å². The maximum Gasteiger partial charge on any atom is 0.0241 e. The molecule has 0 saturated heterocycles. The highest BCUT2D eigenvalue weighted by molar-refractivity contribution is 6.11. The summed E-state index contributed by atoms with van der Waals surface area (Å²) >= 11 is 0. The Morgan fingerprint density at radius 1 is 1.33 bits per heavy atom. The number of hydrogen-bond acceptors (Lipinski definition) is 1. The van der Waals surface area contributed by atoms with Crippen molar-refractivity contribution >= 4 is 10.2 Å². The molecule has 0 aliphatic rings. The van der Waals surface area contributed by atoms with Gasteiger partial charge in [-0.25, -0.2) is 0 Å². The lowest BCUT2D eigenvalue weighted by Gasteiger charge is -2.10. The van der Waals surface area contributed by atoms with Gasteiger partial charge in [-0.05, 0) is 17.6 Å². The zero-order valence-electron chi connectivity index (χ0n) is 7.88. The van der Waals surface area contributed by atoms with E-state index in [4.69, 9.17) is 0 Å². The first-order valence-corrected chi connectivity index (χ1v) is 5.75. The molecule has 1 nitrogen and oxygen atoms in total. The molecule has 1 N–H and O–H groups in total. The summed E-state index contributed by atoms with van der Waals surface area (Å²) in [6.45, 7) is 3.25. The van der Waals surface area contributed by atoms with E-state index in [0.29, 0.717) is 0 Å². The quantitative estimate of drug-likeness (QED) is 0.677. The lowest BCUT2D eigenvalue weighted by molar-refractivity contribution is 0.624. The number of hydrogen-bond donors (Lipinski definition) is 1. The van der Waals surface area contributed by atoms with Crippen molar-refractivity contribution in [2.45, 2.75) is 25.6 Å². The van der Waals surface area contributed by atoms with Crippen molar-refractivity contribution in [1.82, 2.24) is 5.32 Å². The Kier molecular flexibility index (Phi) is 4.04. The average molecular weight is 179 g/mol. The molecule has 0 aromatic heterocycles. The van der Waals surface area contributed by atoms with E-state index in [1.54, 1.807) is 0 Å². The van der Waals surface area contributed by atoms with Gasteiger partial charge >= 0.3 is 0 Å². The summed E-state index contributed by atoms with van der Waals surface area (Å²) in [5.74, 6) is 0. The van der Waals surface area contributed by atoms with Gasteiger partial charge in [0.25, 0.3) is 0 Å². The van der Waals surface area contributed by atoms with Gasteiger partial charge in [0.2, 0.25) is 0 Å². The minimum absolute atomic E-state index is 0.755. The molecule has 66 valence electrons. The SMILES string of the molecule is CCC([SiH3])NCc1ccccc1. The summed E-state index contributed by atoms with van der Waals surface area (Å²) < 4.78 is 0. The zero-order chi connectivity index (χ0) is 8.81. The molecule has 1 atom stereocenters. The van der Waals surface area contributed by atoms with Crippen molar-refractivity contribution < 1.29 is 0 Å². The van der Waals surface area contributed by atoms with Gasteiger partial charge in [0.15, 0.2) is 0 Å². The Morgan fingerprint density at radius 3 is 2.58 bits per heavy atom. The van der Waals surface area contributed by atoms with Gasteiger partial charge in [-0.2, -0.15) is 0 Å². The molecule has 0 radical (unpaired) electrons. The van der Waals surface area contributed by atoms with Crippen LogP contribution in [0.5, 0.6) is 0 Å². The summed E-state index contributed by atoms with van der Waals surface area (Å²) in [6, 6.07) is 10.6. The highest BCUT2D eigenvalue weighted by atomic mass is 28.1. The second-order valence-corrected chi connectivity index (χ2v) is 4.57. The Labute approximate surface area is 77.6 Å². The minimum Gasteiger partial charge on any atom is -0.313 e. The molecule has 12 heavy (non-hydrogen) atoms. The molecule has 0 bridgehead atoms. The molecular formula is C10H17NSi. The standard InChI is InChI=1S/C10H17NSi/c1-2-10(12)11-8-9-6-4-3-5-7-9/h3-7,10-11H,2,8H2,1,12H3. The maximum atomic E-state index is 3.51. The van der Waals surface area contributed by atoms with E-state index in [2.05, 4.69) is 42.6 Å². The maximum absolute atomic E-state index is 3.51. The van der Waals surface area contributed by atoms with Crippen LogP contribution in [0.3, 0.4) is 0 Å². The summed E-state index contributed by atoms with van der Waals surface area (Å²) in [6.07, 6.45) is 1.25. The van der Waals surface area contributed by atoms with Crippen LogP contribution in [0.1, 0.15) is 18.9 Å². The Hall–Kier alpha value is -0.603. The van der Waals surface area contributed by atoms with Crippen LogP contribution < -0.4 is 5.32 Å². The normalized spacial score (nSPS) is 13.1. The zero-order valence-corrected chi connectivity index (χ0v) is 9.88. The molecular weight excluding hydrogens is 162 g/mol. The predicted octanol–water partition coefficient (Wildman–Crippen LogP) is 0.878. The summed E-state index contributed by atoms with van der Waals surface area (Å²) in [5.41, 5.74) is 2.14. The third-order valence-electron chi connectivity index (χ3n) is 2.11. The fraction of sp³-hybridized carbons (Fsp3) is 0.400. The van der Waals surface area contributed by atoms with Gasteiger partial charge in [0.05, 0.1) is 0 Å². The van der Waals surface area contributed by atoms with Crippen molar-refractivity contribution in [3.8, 4) is 0 Å². The number of benzene rings is 1. The second kappa shape index (κ2) is 5.12. The molecule has 2 heteroatoms. The van der Waals surface area contributed by atoms with Crippen molar-refractivity contribution in [3.63, 3.8) is 0 Å². The highest BCUT2D eigenvalue weighted by Gasteiger charge is 1.96. The van der Waals surface area contributed by atoms with Gasteiger partial charge in [0.1, 0.15) is 0 Å². The van der Waals surface area contributed by atoms with E-state index in [-0.39, 0.29) is 0 Å². The highest BCUT2D eigenvalue weighted by Crippen LogP contribution is 1.97. The fourth-order valence-electron chi connectivity index (χ4n) is 1.03. The van der Waals surface area contributed by atoms with Crippen LogP contribution in [0.25, 0.3) is 0 Å². The fourth-order valence-corrected chi connectivity index (χ4v) is 1.24. The van der Waals surface area contributed by atoms with Crippen LogP contribution >= 0.6 is 0 Å². The molecule has 1 aromatic carbocycles. The van der Waals surface area contributed by atoms with E-state index in [0.717, 1.165) is 12.2 Å². The van der Waals surface area contributed by atoms with Crippen LogP contribution in [0.4, 0.5) is 0 Å². The first-order valence-electron chi connectivity index (χ1n) is 4.60. The van der Waals surface area contributed by atoms with Crippen molar-refractivity contribution in [3.05, 3.63) is 35.9 Å². The number of nitrogens with one attached hydrogen (secondary N) is 1. The molecule has 0 aliphatic carbocycles.